The fourth-order valence-corrected chi connectivity index (χ4v) is 8.48. The third-order valence-electron chi connectivity index (χ3n) is 11.8. The Balaban J connectivity index is 0.000000146. The number of aliphatic hydroxyl groups is 3. The molecular weight excluding hydrogens is 843 g/mol. The zero-order chi connectivity index (χ0) is 46.9. The van der Waals surface area contributed by atoms with Crippen LogP contribution in [-0.2, 0) is 45.8 Å². The summed E-state index contributed by atoms with van der Waals surface area (Å²) in [7, 11) is 5.81. The molecule has 5 aromatic carbocycles. The highest BCUT2D eigenvalue weighted by Crippen LogP contribution is 2.42. The van der Waals surface area contributed by atoms with Crippen molar-refractivity contribution in [3.63, 3.8) is 0 Å². The Labute approximate surface area is 381 Å². The molecule has 342 valence electrons. The Kier molecular flexibility index (Phi) is 12.8. The monoisotopic (exact) mass is 895 g/mol. The molecule has 2 aliphatic rings. The first kappa shape index (κ1) is 45.3. The van der Waals surface area contributed by atoms with E-state index >= 15 is 0 Å². The second kappa shape index (κ2) is 18.7. The lowest BCUT2D eigenvalue weighted by atomic mass is 9.85. The molecule has 0 bridgehead atoms. The average Bonchev–Trinajstić information content (AvgIpc) is 4.16. The number of aryl methyl sites for hydroxylation is 5. The minimum absolute atomic E-state index is 0.115. The minimum Gasteiger partial charge on any atom is -0.465 e. The molecule has 0 spiro atoms. The van der Waals surface area contributed by atoms with E-state index in [9.17, 15) is 24.9 Å². The maximum absolute atomic E-state index is 12.9. The zero-order valence-electron chi connectivity index (χ0n) is 37.9. The van der Waals surface area contributed by atoms with E-state index in [4.69, 9.17) is 28.4 Å². The van der Waals surface area contributed by atoms with Gasteiger partial charge in [0.25, 0.3) is 0 Å². The van der Waals surface area contributed by atoms with Gasteiger partial charge in [-0.05, 0) is 104 Å². The molecule has 3 aromatic heterocycles. The van der Waals surface area contributed by atoms with Gasteiger partial charge in [-0.2, -0.15) is 0 Å². The molecule has 0 fully saturated rings. The third kappa shape index (κ3) is 8.65. The van der Waals surface area contributed by atoms with E-state index in [0.29, 0.717) is 39.7 Å². The van der Waals surface area contributed by atoms with Crippen molar-refractivity contribution in [3.8, 4) is 23.0 Å². The number of aliphatic hydroxyl groups excluding tert-OH is 1. The van der Waals surface area contributed by atoms with Crippen molar-refractivity contribution >= 4 is 44.6 Å². The summed E-state index contributed by atoms with van der Waals surface area (Å²) in [6.45, 7) is 8.31. The quantitative estimate of drug-likeness (QED) is 0.0948. The summed E-state index contributed by atoms with van der Waals surface area (Å²) in [5.74, 6) is 0.577. The average molecular weight is 896 g/mol. The maximum atomic E-state index is 12.9. The largest absolute Gasteiger partial charge is 0.465 e. The van der Waals surface area contributed by atoms with Gasteiger partial charge in [0.1, 0.15) is 5.92 Å². The van der Waals surface area contributed by atoms with Crippen LogP contribution in [0.3, 0.4) is 0 Å². The van der Waals surface area contributed by atoms with E-state index in [-0.39, 0.29) is 32.8 Å². The number of rotatable bonds is 9. The second-order valence-electron chi connectivity index (χ2n) is 16.3. The molecule has 14 nitrogen and oxygen atoms in total. The number of hydrogen-bond donors (Lipinski definition) is 3. The second-order valence-corrected chi connectivity index (χ2v) is 16.3. The van der Waals surface area contributed by atoms with Gasteiger partial charge in [-0.25, -0.2) is 4.79 Å². The smallest absolute Gasteiger partial charge is 0.347 e. The van der Waals surface area contributed by atoms with Crippen molar-refractivity contribution in [3.05, 3.63) is 155 Å². The van der Waals surface area contributed by atoms with Gasteiger partial charge in [-0.1, -0.05) is 48.5 Å². The highest BCUT2D eigenvalue weighted by atomic mass is 16.7. The lowest BCUT2D eigenvalue weighted by molar-refractivity contribution is -0.161. The molecule has 14 heteroatoms. The number of aromatic nitrogens is 3. The van der Waals surface area contributed by atoms with E-state index in [1.165, 1.54) is 16.5 Å². The van der Waals surface area contributed by atoms with E-state index in [1.807, 2.05) is 60.6 Å². The van der Waals surface area contributed by atoms with E-state index in [1.54, 1.807) is 68.6 Å². The SMILES string of the molecule is CCOC(=O)C(O)(c1ccc2c(c1)OCO2)c1cn(C)c2cc(C)ccc12.CCOC(=O)C(c1ccc2c(c1)OCO2)c1cn(C)c2cc(C(O)O)ccc12.Cc1ccc2ccn(C)c2c1. The Bertz CT molecular complexity index is 3090. The standard InChI is InChI=1S/C21H21NO6.C21H21NO5.C10H11N/c1-3-26-21(25)19(12-5-7-17-18(9-12)28-11-27-17)15-10-22(2)16-8-13(20(23)24)4-6-14(15)16;1-4-25-20(23)21(24,14-6-8-18-19(10-14)27-12-26-18)16-11-22(3)17-9-13(2)5-7-15(16)17;1-8-3-4-9-5-6-11(2)10(9)7-8/h4-10,19-20,23-24H,3,11H2,1-2H3;5-11,24H,4,12H2,1-3H3;3-7H,1-2H3. The molecule has 3 N–H and O–H groups in total. The number of ether oxygens (including phenoxy) is 6. The molecule has 0 saturated heterocycles. The van der Waals surface area contributed by atoms with Crippen LogP contribution >= 0.6 is 0 Å². The molecule has 2 atom stereocenters. The maximum Gasteiger partial charge on any atom is 0.347 e. The van der Waals surface area contributed by atoms with Crippen molar-refractivity contribution in [1.82, 2.24) is 13.7 Å². The summed E-state index contributed by atoms with van der Waals surface area (Å²) >= 11 is 0. The Morgan fingerprint density at radius 3 is 1.92 bits per heavy atom. The Morgan fingerprint density at radius 2 is 1.23 bits per heavy atom. The number of carbonyl (C=O) groups excluding carboxylic acids is 2. The fraction of sp³-hybridized carbons (Fsp3) is 0.269. The summed E-state index contributed by atoms with van der Waals surface area (Å²) in [5.41, 5.74) is 6.21. The van der Waals surface area contributed by atoms with Gasteiger partial charge in [-0.3, -0.25) is 4.79 Å². The summed E-state index contributed by atoms with van der Waals surface area (Å²) in [5, 5.41) is 33.5. The molecule has 0 radical (unpaired) electrons. The molecule has 5 heterocycles. The molecule has 8 aromatic rings. The number of fused-ring (bicyclic) bond motifs is 5. The van der Waals surface area contributed by atoms with Gasteiger partial charge in [0, 0.05) is 83.7 Å². The number of hydrogen-bond acceptors (Lipinski definition) is 11. The molecule has 2 aliphatic heterocycles. The van der Waals surface area contributed by atoms with Crippen molar-refractivity contribution in [1.29, 1.82) is 0 Å². The summed E-state index contributed by atoms with van der Waals surface area (Å²) in [6, 6.07) is 30.1. The lowest BCUT2D eigenvalue weighted by Gasteiger charge is -2.26. The molecule has 0 aliphatic carbocycles. The Morgan fingerprint density at radius 1 is 0.636 bits per heavy atom. The van der Waals surface area contributed by atoms with Crippen LogP contribution in [0.2, 0.25) is 0 Å². The molecule has 66 heavy (non-hydrogen) atoms. The van der Waals surface area contributed by atoms with Crippen LogP contribution in [0, 0.1) is 13.8 Å². The van der Waals surface area contributed by atoms with Crippen LogP contribution in [0.25, 0.3) is 32.7 Å². The van der Waals surface area contributed by atoms with Crippen molar-refractivity contribution in [2.45, 2.75) is 45.5 Å². The lowest BCUT2D eigenvalue weighted by Crippen LogP contribution is -2.38. The normalized spacial score (nSPS) is 13.8. The Hall–Kier alpha value is -7.26. The van der Waals surface area contributed by atoms with Crippen molar-refractivity contribution in [2.75, 3.05) is 26.8 Å². The fourth-order valence-electron chi connectivity index (χ4n) is 8.48. The molecule has 10 rings (SSSR count). The van der Waals surface area contributed by atoms with Gasteiger partial charge in [0.05, 0.1) is 13.2 Å². The van der Waals surface area contributed by atoms with Gasteiger partial charge in [0.2, 0.25) is 19.2 Å². The van der Waals surface area contributed by atoms with Crippen LogP contribution in [0.15, 0.2) is 116 Å². The van der Waals surface area contributed by atoms with Crippen LogP contribution in [-0.4, -0.2) is 67.8 Å². The van der Waals surface area contributed by atoms with E-state index < -0.39 is 23.8 Å². The van der Waals surface area contributed by atoms with Gasteiger partial charge < -0.3 is 57.4 Å². The van der Waals surface area contributed by atoms with Crippen LogP contribution in [0.5, 0.6) is 23.0 Å². The summed E-state index contributed by atoms with van der Waals surface area (Å²) in [6.07, 6.45) is 4.16. The number of esters is 2. The van der Waals surface area contributed by atoms with Gasteiger partial charge in [0.15, 0.2) is 29.3 Å². The number of nitrogens with zero attached hydrogens (tertiary/aromatic N) is 3. The van der Waals surface area contributed by atoms with E-state index in [0.717, 1.165) is 38.5 Å². The van der Waals surface area contributed by atoms with Gasteiger partial charge in [-0.15, -0.1) is 0 Å². The van der Waals surface area contributed by atoms with Crippen LogP contribution < -0.4 is 18.9 Å². The summed E-state index contributed by atoms with van der Waals surface area (Å²) in [4.78, 5) is 25.8. The first-order valence-electron chi connectivity index (χ1n) is 21.6. The summed E-state index contributed by atoms with van der Waals surface area (Å²) < 4.78 is 38.1. The molecule has 0 saturated carbocycles. The molecule has 2 unspecified atom stereocenters. The van der Waals surface area contributed by atoms with Crippen molar-refractivity contribution in [2.24, 2.45) is 21.1 Å². The first-order valence-corrected chi connectivity index (χ1v) is 21.6. The highest BCUT2D eigenvalue weighted by Gasteiger charge is 2.44. The highest BCUT2D eigenvalue weighted by molar-refractivity contribution is 5.95. The van der Waals surface area contributed by atoms with Crippen LogP contribution in [0.1, 0.15) is 65.0 Å². The van der Waals surface area contributed by atoms with Crippen LogP contribution in [0.4, 0.5) is 0 Å². The predicted octanol–water partition coefficient (Wildman–Crippen LogP) is 8.09. The first-order chi connectivity index (χ1) is 31.7. The molecule has 0 amide bonds. The van der Waals surface area contributed by atoms with Crippen molar-refractivity contribution < 1.29 is 53.3 Å². The predicted molar refractivity (Wildman–Crippen MR) is 249 cm³/mol. The number of benzene rings is 5. The zero-order valence-corrected chi connectivity index (χ0v) is 37.9. The number of carbonyl (C=O) groups is 2. The topological polar surface area (TPSA) is 165 Å². The van der Waals surface area contributed by atoms with E-state index in [2.05, 4.69) is 49.0 Å². The van der Waals surface area contributed by atoms with Gasteiger partial charge >= 0.3 is 11.9 Å². The minimum atomic E-state index is -1.97. The third-order valence-corrected chi connectivity index (χ3v) is 11.8. The molecular formula is C52H53N3O11.